The highest BCUT2D eigenvalue weighted by Crippen LogP contribution is 2.34. The summed E-state index contributed by atoms with van der Waals surface area (Å²) in [6, 6.07) is 33.5. The Hall–Kier alpha value is -2.94. The van der Waals surface area contributed by atoms with Gasteiger partial charge in [-0.3, -0.25) is 0 Å². The van der Waals surface area contributed by atoms with Gasteiger partial charge in [-0.2, -0.15) is 0 Å². The van der Waals surface area contributed by atoms with E-state index in [0.717, 1.165) is 16.7 Å². The van der Waals surface area contributed by atoms with Crippen molar-refractivity contribution in [3.05, 3.63) is 120 Å². The van der Waals surface area contributed by atoms with Crippen molar-refractivity contribution in [2.24, 2.45) is 5.73 Å². The molecule has 0 amide bonds. The molecule has 4 aromatic carbocycles. The molecule has 0 heterocycles. The van der Waals surface area contributed by atoms with Crippen LogP contribution in [0.25, 0.3) is 10.8 Å². The average Bonchev–Trinajstić information content (AvgIpc) is 2.74. The van der Waals surface area contributed by atoms with Crippen molar-refractivity contribution in [2.75, 3.05) is 0 Å². The van der Waals surface area contributed by atoms with Gasteiger partial charge in [-0.05, 0) is 33.9 Å². The molecule has 0 aliphatic heterocycles. The second kappa shape index (κ2) is 7.36. The van der Waals surface area contributed by atoms with Crippen LogP contribution in [0, 0.1) is 0 Å². The topological polar surface area (TPSA) is 46.2 Å². The standard InChI is InChI=1S/C25H23NO/c26-24(18-20-12-9-11-19-10-7-8-17-23(19)20)25(27,21-13-3-1-4-14-21)22-15-5-2-6-16-22/h1-17,24,27H,18,26H2/t24-/m1/s1. The highest BCUT2D eigenvalue weighted by Gasteiger charge is 2.38. The van der Waals surface area contributed by atoms with Crippen LogP contribution >= 0.6 is 0 Å². The first-order chi connectivity index (χ1) is 13.2. The summed E-state index contributed by atoms with van der Waals surface area (Å²) in [6.07, 6.45) is 0.571. The molecule has 27 heavy (non-hydrogen) atoms. The Morgan fingerprint density at radius 2 is 1.19 bits per heavy atom. The van der Waals surface area contributed by atoms with Crippen LogP contribution < -0.4 is 5.73 Å². The molecule has 2 nitrogen and oxygen atoms in total. The Kier molecular flexibility index (Phi) is 4.76. The van der Waals surface area contributed by atoms with Gasteiger partial charge in [0.1, 0.15) is 5.60 Å². The Morgan fingerprint density at radius 1 is 0.667 bits per heavy atom. The number of fused-ring (bicyclic) bond motifs is 1. The first kappa shape index (κ1) is 17.5. The molecule has 0 aliphatic carbocycles. The minimum Gasteiger partial charge on any atom is -0.379 e. The van der Waals surface area contributed by atoms with Crippen LogP contribution in [0.2, 0.25) is 0 Å². The van der Waals surface area contributed by atoms with Crippen molar-refractivity contribution in [3.63, 3.8) is 0 Å². The SMILES string of the molecule is N[C@H](Cc1cccc2ccccc12)C(O)(c1ccccc1)c1ccccc1. The first-order valence-electron chi connectivity index (χ1n) is 9.25. The molecule has 0 fully saturated rings. The average molecular weight is 353 g/mol. The molecule has 2 heteroatoms. The fourth-order valence-corrected chi connectivity index (χ4v) is 3.83. The number of rotatable bonds is 5. The van der Waals surface area contributed by atoms with Gasteiger partial charge >= 0.3 is 0 Å². The predicted molar refractivity (Wildman–Crippen MR) is 112 cm³/mol. The zero-order chi connectivity index (χ0) is 18.7. The second-order valence-electron chi connectivity index (χ2n) is 6.95. The molecule has 0 spiro atoms. The Morgan fingerprint density at radius 3 is 1.81 bits per heavy atom. The highest BCUT2D eigenvalue weighted by molar-refractivity contribution is 5.85. The second-order valence-corrected chi connectivity index (χ2v) is 6.95. The van der Waals surface area contributed by atoms with E-state index in [4.69, 9.17) is 5.73 Å². The van der Waals surface area contributed by atoms with Gasteiger partial charge in [-0.15, -0.1) is 0 Å². The van der Waals surface area contributed by atoms with E-state index in [1.807, 2.05) is 72.8 Å². The molecule has 0 aromatic heterocycles. The van der Waals surface area contributed by atoms with Crippen molar-refractivity contribution >= 4 is 10.8 Å². The van der Waals surface area contributed by atoms with Crippen LogP contribution in [0.4, 0.5) is 0 Å². The lowest BCUT2D eigenvalue weighted by atomic mass is 9.78. The van der Waals surface area contributed by atoms with Crippen molar-refractivity contribution in [2.45, 2.75) is 18.1 Å². The third kappa shape index (κ3) is 3.25. The van der Waals surface area contributed by atoms with E-state index in [1.54, 1.807) is 0 Å². The summed E-state index contributed by atoms with van der Waals surface area (Å²) in [4.78, 5) is 0. The number of nitrogens with two attached hydrogens (primary N) is 1. The summed E-state index contributed by atoms with van der Waals surface area (Å²) in [5.74, 6) is 0. The lowest BCUT2D eigenvalue weighted by Gasteiger charge is -2.35. The van der Waals surface area contributed by atoms with Crippen molar-refractivity contribution in [3.8, 4) is 0 Å². The molecule has 1 atom stereocenters. The summed E-state index contributed by atoms with van der Waals surface area (Å²) in [7, 11) is 0. The van der Waals surface area contributed by atoms with Crippen LogP contribution in [-0.4, -0.2) is 11.1 Å². The molecule has 4 aromatic rings. The third-order valence-electron chi connectivity index (χ3n) is 5.28. The molecule has 0 saturated heterocycles. The maximum Gasteiger partial charge on any atom is 0.130 e. The summed E-state index contributed by atoms with van der Waals surface area (Å²) >= 11 is 0. The highest BCUT2D eigenvalue weighted by atomic mass is 16.3. The van der Waals surface area contributed by atoms with E-state index in [2.05, 4.69) is 30.3 Å². The van der Waals surface area contributed by atoms with Crippen molar-refractivity contribution in [1.29, 1.82) is 0 Å². The van der Waals surface area contributed by atoms with E-state index in [0.29, 0.717) is 6.42 Å². The van der Waals surface area contributed by atoms with E-state index in [1.165, 1.54) is 10.8 Å². The monoisotopic (exact) mass is 353 g/mol. The predicted octanol–water partition coefficient (Wildman–Crippen LogP) is 4.65. The summed E-state index contributed by atoms with van der Waals surface area (Å²) in [6.45, 7) is 0. The fourth-order valence-electron chi connectivity index (χ4n) is 3.83. The van der Waals surface area contributed by atoms with Gasteiger partial charge < -0.3 is 10.8 Å². The number of hydrogen-bond acceptors (Lipinski definition) is 2. The van der Waals surface area contributed by atoms with Gasteiger partial charge in [0.2, 0.25) is 0 Å². The van der Waals surface area contributed by atoms with Crippen LogP contribution in [0.1, 0.15) is 16.7 Å². The van der Waals surface area contributed by atoms with Crippen LogP contribution in [-0.2, 0) is 12.0 Å². The lowest BCUT2D eigenvalue weighted by molar-refractivity contribution is 0.0518. The normalized spacial score (nSPS) is 12.8. The van der Waals surface area contributed by atoms with Gasteiger partial charge in [0, 0.05) is 6.04 Å². The zero-order valence-corrected chi connectivity index (χ0v) is 15.1. The molecule has 0 bridgehead atoms. The maximum atomic E-state index is 11.8. The molecule has 0 radical (unpaired) electrons. The Balaban J connectivity index is 1.79. The van der Waals surface area contributed by atoms with Gasteiger partial charge in [-0.25, -0.2) is 0 Å². The first-order valence-corrected chi connectivity index (χ1v) is 9.25. The van der Waals surface area contributed by atoms with Crippen LogP contribution in [0.15, 0.2) is 103 Å². The molecule has 134 valence electrons. The van der Waals surface area contributed by atoms with Crippen molar-refractivity contribution in [1.82, 2.24) is 0 Å². The van der Waals surface area contributed by atoms with Crippen LogP contribution in [0.3, 0.4) is 0 Å². The van der Waals surface area contributed by atoms with E-state index < -0.39 is 11.6 Å². The van der Waals surface area contributed by atoms with Gasteiger partial charge in [0.15, 0.2) is 0 Å². The largest absolute Gasteiger partial charge is 0.379 e. The third-order valence-corrected chi connectivity index (χ3v) is 5.28. The molecule has 4 rings (SSSR count). The van der Waals surface area contributed by atoms with Gasteiger partial charge in [-0.1, -0.05) is 103 Å². The van der Waals surface area contributed by atoms with E-state index in [9.17, 15) is 5.11 Å². The van der Waals surface area contributed by atoms with E-state index >= 15 is 0 Å². The summed E-state index contributed by atoms with van der Waals surface area (Å²) in [5.41, 5.74) is 8.19. The number of hydrogen-bond donors (Lipinski definition) is 2. The summed E-state index contributed by atoms with van der Waals surface area (Å²) < 4.78 is 0. The molecule has 3 N–H and O–H groups in total. The molecule has 0 unspecified atom stereocenters. The minimum absolute atomic E-state index is 0.492. The van der Waals surface area contributed by atoms with Gasteiger partial charge in [0.05, 0.1) is 0 Å². The van der Waals surface area contributed by atoms with Gasteiger partial charge in [0.25, 0.3) is 0 Å². The molecule has 0 aliphatic rings. The van der Waals surface area contributed by atoms with E-state index in [-0.39, 0.29) is 0 Å². The molecular weight excluding hydrogens is 330 g/mol. The Labute approximate surface area is 159 Å². The molecular formula is C25H23NO. The zero-order valence-electron chi connectivity index (χ0n) is 15.1. The van der Waals surface area contributed by atoms with Crippen LogP contribution in [0.5, 0.6) is 0 Å². The lowest BCUT2D eigenvalue weighted by Crippen LogP contribution is -2.47. The molecule has 0 saturated carbocycles. The number of benzene rings is 4. The minimum atomic E-state index is -1.26. The smallest absolute Gasteiger partial charge is 0.130 e. The number of aliphatic hydroxyl groups is 1. The van der Waals surface area contributed by atoms with Crippen molar-refractivity contribution < 1.29 is 5.11 Å². The Bertz CT molecular complexity index is 983. The quantitative estimate of drug-likeness (QED) is 0.549. The maximum absolute atomic E-state index is 11.8. The summed E-state index contributed by atoms with van der Waals surface area (Å²) in [5, 5.41) is 14.2. The fraction of sp³-hybridized carbons (Fsp3) is 0.120.